The van der Waals surface area contributed by atoms with Crippen LogP contribution in [0.1, 0.15) is 44.7 Å². The number of ether oxygens (including phenoxy) is 1. The summed E-state index contributed by atoms with van der Waals surface area (Å²) in [5.41, 5.74) is 2.10. The van der Waals surface area contributed by atoms with E-state index in [1.165, 1.54) is 5.57 Å². The van der Waals surface area contributed by atoms with Crippen LogP contribution >= 0.6 is 0 Å². The SMILES string of the molecule is CC[Si](CC)(CC)OC1C=C(Cc2ccccc2OC)CCC1(C(=O)O)c1ccccc1. The molecule has 0 heterocycles. The number of para-hydroxylation sites is 1. The first-order valence-corrected chi connectivity index (χ1v) is 14.3. The van der Waals surface area contributed by atoms with Gasteiger partial charge in [-0.2, -0.15) is 0 Å². The molecule has 0 radical (unpaired) electrons. The quantitative estimate of drug-likeness (QED) is 0.336. The van der Waals surface area contributed by atoms with Gasteiger partial charge in [0.2, 0.25) is 0 Å². The first-order valence-electron chi connectivity index (χ1n) is 11.7. The van der Waals surface area contributed by atoms with Gasteiger partial charge in [-0.05, 0) is 54.6 Å². The summed E-state index contributed by atoms with van der Waals surface area (Å²) in [5.74, 6) is 0.0656. The van der Waals surface area contributed by atoms with Crippen LogP contribution in [0.3, 0.4) is 0 Å². The lowest BCUT2D eigenvalue weighted by atomic mass is 9.67. The van der Waals surface area contributed by atoms with Crippen molar-refractivity contribution in [1.29, 1.82) is 0 Å². The van der Waals surface area contributed by atoms with Gasteiger partial charge in [0.1, 0.15) is 11.2 Å². The number of rotatable bonds is 10. The number of benzene rings is 2. The van der Waals surface area contributed by atoms with E-state index in [4.69, 9.17) is 9.16 Å². The molecular formula is C27H36O4Si. The zero-order chi connectivity index (χ0) is 23.2. The van der Waals surface area contributed by atoms with E-state index in [1.807, 2.05) is 48.5 Å². The van der Waals surface area contributed by atoms with E-state index in [-0.39, 0.29) is 0 Å². The van der Waals surface area contributed by atoms with Gasteiger partial charge in [-0.15, -0.1) is 0 Å². The largest absolute Gasteiger partial charge is 0.496 e. The van der Waals surface area contributed by atoms with Gasteiger partial charge in [-0.25, -0.2) is 0 Å². The molecule has 0 saturated carbocycles. The molecule has 0 spiro atoms. The van der Waals surface area contributed by atoms with Gasteiger partial charge in [0.05, 0.1) is 13.2 Å². The lowest BCUT2D eigenvalue weighted by Crippen LogP contribution is -2.54. The lowest BCUT2D eigenvalue weighted by molar-refractivity contribution is -0.147. The molecule has 32 heavy (non-hydrogen) atoms. The lowest BCUT2D eigenvalue weighted by Gasteiger charge is -2.44. The van der Waals surface area contributed by atoms with Crippen molar-refractivity contribution in [2.75, 3.05) is 7.11 Å². The molecule has 0 saturated heterocycles. The Hall–Kier alpha value is -2.37. The van der Waals surface area contributed by atoms with Crippen LogP contribution in [0, 0.1) is 0 Å². The minimum absolute atomic E-state index is 0.479. The Balaban J connectivity index is 2.08. The van der Waals surface area contributed by atoms with E-state index >= 15 is 0 Å². The van der Waals surface area contributed by atoms with Gasteiger partial charge < -0.3 is 14.3 Å². The molecule has 2 atom stereocenters. The third-order valence-corrected chi connectivity index (χ3v) is 11.9. The molecule has 0 amide bonds. The summed E-state index contributed by atoms with van der Waals surface area (Å²) in [4.78, 5) is 12.9. The average Bonchev–Trinajstić information content (AvgIpc) is 2.83. The van der Waals surface area contributed by atoms with Crippen LogP contribution in [0.5, 0.6) is 5.75 Å². The minimum atomic E-state index is -2.04. The predicted molar refractivity (Wildman–Crippen MR) is 132 cm³/mol. The molecule has 1 N–H and O–H groups in total. The number of allylic oxidation sites excluding steroid dienone is 1. The summed E-state index contributed by atoms with van der Waals surface area (Å²) in [5, 5.41) is 10.6. The highest BCUT2D eigenvalue weighted by molar-refractivity contribution is 6.73. The molecule has 2 aromatic rings. The van der Waals surface area contributed by atoms with E-state index in [9.17, 15) is 9.90 Å². The molecule has 0 aliphatic heterocycles. The fourth-order valence-electron chi connectivity index (χ4n) is 4.98. The van der Waals surface area contributed by atoms with Gasteiger partial charge in [0, 0.05) is 0 Å². The Labute approximate surface area is 193 Å². The molecule has 0 aromatic heterocycles. The smallest absolute Gasteiger partial charge is 0.317 e. The molecule has 5 heteroatoms. The predicted octanol–water partition coefficient (Wildman–Crippen LogP) is 6.37. The number of hydrogen-bond acceptors (Lipinski definition) is 3. The average molecular weight is 453 g/mol. The monoisotopic (exact) mass is 452 g/mol. The molecule has 0 bridgehead atoms. The van der Waals surface area contributed by atoms with Gasteiger partial charge in [-0.3, -0.25) is 4.79 Å². The standard InChI is InChI=1S/C27H36O4Si/c1-5-32(6-2,7-3)31-25-20-21(19-22-13-11-12-16-24(22)30-4)17-18-27(25,26(28)29)23-14-9-8-10-15-23/h8-16,20,25H,5-7,17-19H2,1-4H3,(H,28,29). The Morgan fingerprint density at radius 2 is 1.66 bits per heavy atom. The summed E-state index contributed by atoms with van der Waals surface area (Å²) in [6, 6.07) is 20.7. The third-order valence-electron chi connectivity index (χ3n) is 7.30. The molecule has 1 aliphatic rings. The van der Waals surface area contributed by atoms with Crippen molar-refractivity contribution in [1.82, 2.24) is 0 Å². The summed E-state index contributed by atoms with van der Waals surface area (Å²) < 4.78 is 12.5. The van der Waals surface area contributed by atoms with E-state index in [1.54, 1.807) is 7.11 Å². The molecular weight excluding hydrogens is 416 g/mol. The molecule has 2 aromatic carbocycles. The maximum absolute atomic E-state index is 12.9. The second-order valence-corrected chi connectivity index (χ2v) is 13.5. The van der Waals surface area contributed by atoms with Crippen LogP contribution in [-0.2, 0) is 21.1 Å². The number of aliphatic carboxylic acids is 1. The van der Waals surface area contributed by atoms with E-state index in [0.717, 1.165) is 47.9 Å². The highest BCUT2D eigenvalue weighted by Crippen LogP contribution is 2.44. The van der Waals surface area contributed by atoms with E-state index < -0.39 is 25.8 Å². The molecule has 172 valence electrons. The molecule has 1 aliphatic carbocycles. The molecule has 0 fully saturated rings. The first kappa shape index (κ1) is 24.3. The van der Waals surface area contributed by atoms with Gasteiger partial charge >= 0.3 is 5.97 Å². The van der Waals surface area contributed by atoms with Crippen molar-refractivity contribution >= 4 is 14.3 Å². The van der Waals surface area contributed by atoms with Gasteiger partial charge in [0.25, 0.3) is 0 Å². The molecule has 2 unspecified atom stereocenters. The topological polar surface area (TPSA) is 55.8 Å². The fraction of sp³-hybridized carbons (Fsp3) is 0.444. The van der Waals surface area contributed by atoms with Crippen LogP contribution < -0.4 is 4.74 Å². The highest BCUT2D eigenvalue weighted by Gasteiger charge is 2.51. The summed E-state index contributed by atoms with van der Waals surface area (Å²) >= 11 is 0. The van der Waals surface area contributed by atoms with Crippen LogP contribution in [-0.4, -0.2) is 32.6 Å². The molecule has 3 rings (SSSR count). The van der Waals surface area contributed by atoms with Crippen molar-refractivity contribution in [3.63, 3.8) is 0 Å². The van der Waals surface area contributed by atoms with Crippen LogP contribution in [0.2, 0.25) is 18.1 Å². The normalized spacial score (nSPS) is 21.1. The van der Waals surface area contributed by atoms with Crippen molar-refractivity contribution < 1.29 is 19.1 Å². The van der Waals surface area contributed by atoms with E-state index in [0.29, 0.717) is 6.42 Å². The second kappa shape index (κ2) is 10.5. The number of carboxylic acids is 1. The first-order chi connectivity index (χ1) is 15.4. The van der Waals surface area contributed by atoms with Crippen LogP contribution in [0.4, 0.5) is 0 Å². The number of hydrogen-bond donors (Lipinski definition) is 1. The number of methoxy groups -OCH3 is 1. The van der Waals surface area contributed by atoms with Crippen LogP contribution in [0.25, 0.3) is 0 Å². The van der Waals surface area contributed by atoms with Crippen molar-refractivity contribution in [3.8, 4) is 5.75 Å². The fourth-order valence-corrected chi connectivity index (χ4v) is 7.79. The third kappa shape index (κ3) is 4.69. The number of carbonyl (C=O) groups is 1. The summed E-state index contributed by atoms with van der Waals surface area (Å²) in [6.07, 6.45) is 3.64. The van der Waals surface area contributed by atoms with Crippen molar-refractivity contribution in [2.24, 2.45) is 0 Å². The Bertz CT molecular complexity index is 927. The number of carboxylic acid groups (broad SMARTS) is 1. The van der Waals surface area contributed by atoms with Crippen molar-refractivity contribution in [3.05, 3.63) is 77.4 Å². The Morgan fingerprint density at radius 1 is 1.03 bits per heavy atom. The minimum Gasteiger partial charge on any atom is -0.496 e. The zero-order valence-electron chi connectivity index (χ0n) is 19.8. The maximum Gasteiger partial charge on any atom is 0.317 e. The zero-order valence-corrected chi connectivity index (χ0v) is 20.8. The van der Waals surface area contributed by atoms with Crippen LogP contribution in [0.15, 0.2) is 66.2 Å². The summed E-state index contributed by atoms with van der Waals surface area (Å²) in [6.45, 7) is 6.56. The highest BCUT2D eigenvalue weighted by atomic mass is 28.4. The van der Waals surface area contributed by atoms with Crippen molar-refractivity contribution in [2.45, 2.75) is 69.7 Å². The Morgan fingerprint density at radius 3 is 2.25 bits per heavy atom. The second-order valence-electron chi connectivity index (χ2n) is 8.74. The summed E-state index contributed by atoms with van der Waals surface area (Å²) in [7, 11) is -0.355. The maximum atomic E-state index is 12.9. The van der Waals surface area contributed by atoms with Gasteiger partial charge in [-0.1, -0.05) is 81.0 Å². The Kier molecular flexibility index (Phi) is 7.96. The van der Waals surface area contributed by atoms with Gasteiger partial charge in [0.15, 0.2) is 8.32 Å². The molecule has 4 nitrogen and oxygen atoms in total. The van der Waals surface area contributed by atoms with E-state index in [2.05, 4.69) is 32.9 Å².